The molecule has 0 rings (SSSR count). The van der Waals surface area contributed by atoms with Gasteiger partial charge in [0, 0.05) is 6.42 Å². The third kappa shape index (κ3) is 12.4. The minimum Gasteiger partial charge on any atom is -0.343 e. The van der Waals surface area contributed by atoms with Gasteiger partial charge in [0.2, 0.25) is 0 Å². The summed E-state index contributed by atoms with van der Waals surface area (Å²) in [5.74, 6) is -1.12. The minimum absolute atomic E-state index is 0.120. The monoisotopic (exact) mass is 467 g/mol. The summed E-state index contributed by atoms with van der Waals surface area (Å²) < 4.78 is 47.7. The second kappa shape index (κ2) is 15.0. The quantitative estimate of drug-likeness (QED) is 0.198. The molecule has 7 nitrogen and oxygen atoms in total. The molecular weight excluding hydrogens is 434 g/mol. The summed E-state index contributed by atoms with van der Waals surface area (Å²) in [6.45, 7) is 3.54. The maximum atomic E-state index is 12.5. The Balaban J connectivity index is 4.34. The zero-order valence-electron chi connectivity index (χ0n) is 17.4. The van der Waals surface area contributed by atoms with Gasteiger partial charge in [-0.15, -0.1) is 0 Å². The molecule has 0 aromatic carbocycles. The Morgan fingerprint density at radius 2 is 1.59 bits per heavy atom. The number of nitrogens with zero attached hydrogens (tertiary/aromatic N) is 1. The standard InChI is InChI=1S/C19H33NO6S3/c1-3-4-5-6-7-8-9-10-11-12-15-29(24,25)18(27)19(2,16-20)14-13-17(21)26-28(22)23/h3-15H2,1-2H3,(H,22,23). The van der Waals surface area contributed by atoms with Crippen molar-refractivity contribution >= 4 is 43.6 Å². The molecular formula is C19H33NO6S3. The first-order valence-corrected chi connectivity index (χ1v) is 13.2. The molecule has 1 N–H and O–H groups in total. The first-order valence-electron chi connectivity index (χ1n) is 10.1. The SMILES string of the molecule is CCCCCCCCCCCCS(=O)(=O)C(=S)C(C)(C#N)CCC(=O)OS(=O)O. The van der Waals surface area contributed by atoms with Crippen LogP contribution < -0.4 is 0 Å². The normalized spacial score (nSPS) is 14.6. The van der Waals surface area contributed by atoms with Gasteiger partial charge in [0.15, 0.2) is 9.84 Å². The van der Waals surface area contributed by atoms with Crippen molar-refractivity contribution in [1.82, 2.24) is 0 Å². The van der Waals surface area contributed by atoms with Gasteiger partial charge >= 0.3 is 17.3 Å². The largest absolute Gasteiger partial charge is 0.360 e. The Kier molecular flexibility index (Phi) is 14.5. The van der Waals surface area contributed by atoms with Crippen LogP contribution in [-0.2, 0) is 30.2 Å². The van der Waals surface area contributed by atoms with Gasteiger partial charge in [-0.25, -0.2) is 8.42 Å². The Labute approximate surface area is 183 Å². The summed E-state index contributed by atoms with van der Waals surface area (Å²) in [7, 11) is -3.76. The molecule has 2 atom stereocenters. The molecule has 0 radical (unpaired) electrons. The van der Waals surface area contributed by atoms with E-state index in [0.717, 1.165) is 25.7 Å². The molecule has 0 aliphatic heterocycles. The lowest BCUT2D eigenvalue weighted by atomic mass is 9.89. The molecule has 0 aromatic rings. The second-order valence-electron chi connectivity index (χ2n) is 7.40. The Bertz CT molecular complexity index is 687. The highest BCUT2D eigenvalue weighted by atomic mass is 32.2. The number of hydrogen-bond acceptors (Lipinski definition) is 7. The Morgan fingerprint density at radius 1 is 1.10 bits per heavy atom. The van der Waals surface area contributed by atoms with Crippen LogP contribution in [-0.4, -0.2) is 33.1 Å². The van der Waals surface area contributed by atoms with Crippen molar-refractivity contribution in [2.24, 2.45) is 5.41 Å². The summed E-state index contributed by atoms with van der Waals surface area (Å²) in [5, 5.41) is 9.40. The van der Waals surface area contributed by atoms with E-state index in [-0.39, 0.29) is 22.8 Å². The van der Waals surface area contributed by atoms with Gasteiger partial charge in [-0.2, -0.15) is 9.47 Å². The molecule has 0 fully saturated rings. The summed E-state index contributed by atoms with van der Waals surface area (Å²) in [5.41, 5.74) is -1.54. The number of unbranched alkanes of at least 4 members (excludes halogenated alkanes) is 9. The van der Waals surface area contributed by atoms with Gasteiger partial charge in [-0.05, 0) is 19.8 Å². The number of thiocarbonyl (C=S) groups is 1. The topological polar surface area (TPSA) is 122 Å². The highest BCUT2D eigenvalue weighted by molar-refractivity contribution is 8.17. The Hall–Kier alpha value is -0.890. The number of carbonyl (C=O) groups excluding carboxylic acids is 1. The highest BCUT2D eigenvalue weighted by Gasteiger charge is 2.38. The first kappa shape index (κ1) is 28.1. The van der Waals surface area contributed by atoms with Gasteiger partial charge in [0.05, 0.1) is 11.8 Å². The number of carbonyl (C=O) groups is 1. The summed E-state index contributed by atoms with van der Waals surface area (Å²) >= 11 is 2.31. The summed E-state index contributed by atoms with van der Waals surface area (Å²) in [6.07, 6.45) is 10.2. The summed E-state index contributed by atoms with van der Waals surface area (Å²) in [4.78, 5) is 11.4. The first-order chi connectivity index (χ1) is 13.6. The van der Waals surface area contributed by atoms with Crippen LogP contribution in [0.3, 0.4) is 0 Å². The fraction of sp³-hybridized carbons (Fsp3) is 0.842. The van der Waals surface area contributed by atoms with Crippen molar-refractivity contribution in [2.45, 2.75) is 90.9 Å². The molecule has 0 heterocycles. The molecule has 0 saturated carbocycles. The van der Waals surface area contributed by atoms with Crippen molar-refractivity contribution in [3.05, 3.63) is 0 Å². The lowest BCUT2D eigenvalue weighted by molar-refractivity contribution is -0.134. The van der Waals surface area contributed by atoms with Crippen molar-refractivity contribution in [2.75, 3.05) is 5.75 Å². The second-order valence-corrected chi connectivity index (χ2v) is 10.7. The summed E-state index contributed by atoms with van der Waals surface area (Å²) in [6, 6.07) is 1.87. The predicted octanol–water partition coefficient (Wildman–Crippen LogP) is 4.64. The van der Waals surface area contributed by atoms with Crippen LogP contribution in [0.5, 0.6) is 0 Å². The molecule has 2 unspecified atom stereocenters. The minimum atomic E-state index is -3.76. The molecule has 0 saturated heterocycles. The van der Waals surface area contributed by atoms with Gasteiger partial charge in [0.25, 0.3) is 0 Å². The molecule has 0 aliphatic carbocycles. The average molecular weight is 468 g/mol. The predicted molar refractivity (Wildman–Crippen MR) is 118 cm³/mol. The van der Waals surface area contributed by atoms with E-state index >= 15 is 0 Å². The van der Waals surface area contributed by atoms with E-state index in [1.54, 1.807) is 0 Å². The molecule has 0 aromatic heterocycles. The van der Waals surface area contributed by atoms with Gasteiger partial charge in [-0.1, -0.05) is 76.9 Å². The smallest absolute Gasteiger partial charge is 0.343 e. The van der Waals surface area contributed by atoms with Crippen LogP contribution >= 0.6 is 12.2 Å². The van der Waals surface area contributed by atoms with E-state index in [1.165, 1.54) is 39.0 Å². The van der Waals surface area contributed by atoms with Crippen LogP contribution in [0.25, 0.3) is 0 Å². The molecule has 10 heteroatoms. The molecule has 168 valence electrons. The number of hydrogen-bond donors (Lipinski definition) is 1. The fourth-order valence-corrected chi connectivity index (χ4v) is 5.14. The van der Waals surface area contributed by atoms with Crippen molar-refractivity contribution in [3.63, 3.8) is 0 Å². The lowest BCUT2D eigenvalue weighted by Crippen LogP contribution is -2.33. The zero-order valence-corrected chi connectivity index (χ0v) is 19.8. The van der Waals surface area contributed by atoms with E-state index in [9.17, 15) is 22.7 Å². The van der Waals surface area contributed by atoms with E-state index in [4.69, 9.17) is 16.8 Å². The van der Waals surface area contributed by atoms with Crippen molar-refractivity contribution < 1.29 is 26.2 Å². The van der Waals surface area contributed by atoms with Crippen LogP contribution in [0, 0.1) is 16.7 Å². The Morgan fingerprint density at radius 3 is 2.03 bits per heavy atom. The maximum Gasteiger partial charge on any atom is 0.360 e. The van der Waals surface area contributed by atoms with Crippen LogP contribution in [0.1, 0.15) is 90.9 Å². The lowest BCUT2D eigenvalue weighted by Gasteiger charge is -2.21. The molecule has 0 bridgehead atoms. The van der Waals surface area contributed by atoms with Crippen LogP contribution in [0.15, 0.2) is 0 Å². The number of nitriles is 1. The molecule has 0 spiro atoms. The van der Waals surface area contributed by atoms with Gasteiger partial charge < -0.3 is 4.18 Å². The van der Waals surface area contributed by atoms with E-state index in [1.807, 2.05) is 6.07 Å². The molecule has 0 amide bonds. The van der Waals surface area contributed by atoms with E-state index in [2.05, 4.69) is 11.1 Å². The highest BCUT2D eigenvalue weighted by Crippen LogP contribution is 2.29. The maximum absolute atomic E-state index is 12.5. The van der Waals surface area contributed by atoms with Crippen molar-refractivity contribution in [3.8, 4) is 6.07 Å². The van der Waals surface area contributed by atoms with Crippen LogP contribution in [0.4, 0.5) is 0 Å². The number of rotatable bonds is 16. The third-order valence-corrected chi connectivity index (χ3v) is 8.12. The van der Waals surface area contributed by atoms with E-state index in [0.29, 0.717) is 6.42 Å². The molecule has 0 aliphatic rings. The van der Waals surface area contributed by atoms with Gasteiger partial charge in [0.1, 0.15) is 9.61 Å². The zero-order chi connectivity index (χ0) is 22.3. The number of sulfone groups is 1. The average Bonchev–Trinajstić information content (AvgIpc) is 2.66. The van der Waals surface area contributed by atoms with Crippen molar-refractivity contribution in [1.29, 1.82) is 5.26 Å². The third-order valence-electron chi connectivity index (χ3n) is 4.74. The molecule has 29 heavy (non-hydrogen) atoms. The van der Waals surface area contributed by atoms with Gasteiger partial charge in [-0.3, -0.25) is 9.35 Å². The van der Waals surface area contributed by atoms with Crippen LogP contribution in [0.2, 0.25) is 0 Å². The van der Waals surface area contributed by atoms with E-state index < -0.39 is 32.6 Å². The fourth-order valence-electron chi connectivity index (χ4n) is 2.89.